The molecule has 4 aromatic rings. The third-order valence-corrected chi connectivity index (χ3v) is 6.50. The number of likely N-dealkylation sites (tertiary alicyclic amines) is 1. The third kappa shape index (κ3) is 5.58. The molecule has 0 unspecified atom stereocenters. The molecule has 10 heteroatoms. The zero-order chi connectivity index (χ0) is 25.1. The van der Waals surface area contributed by atoms with Crippen molar-refractivity contribution in [2.75, 3.05) is 30.8 Å². The highest BCUT2D eigenvalue weighted by atomic mass is 35.5. The Kier molecular flexibility index (Phi) is 7.02. The van der Waals surface area contributed by atoms with Crippen molar-refractivity contribution >= 4 is 34.7 Å². The minimum absolute atomic E-state index is 0.265. The molecule has 2 aromatic carbocycles. The molecule has 2 N–H and O–H groups in total. The molecule has 1 fully saturated rings. The molecule has 0 amide bonds. The second kappa shape index (κ2) is 10.5. The normalized spacial score (nSPS) is 14.6. The van der Waals surface area contributed by atoms with Crippen LogP contribution in [-0.2, 0) is 7.05 Å². The molecule has 1 aliphatic rings. The zero-order valence-electron chi connectivity index (χ0n) is 20.6. The molecule has 1 saturated heterocycles. The number of rotatable bonds is 7. The lowest BCUT2D eigenvalue weighted by atomic mass is 10.1. The van der Waals surface area contributed by atoms with E-state index in [0.717, 1.165) is 54.4 Å². The molecule has 0 spiro atoms. The van der Waals surface area contributed by atoms with Gasteiger partial charge in [0.2, 0.25) is 5.95 Å². The van der Waals surface area contributed by atoms with E-state index in [0.29, 0.717) is 22.6 Å². The van der Waals surface area contributed by atoms with Gasteiger partial charge in [-0.05, 0) is 63.2 Å². The summed E-state index contributed by atoms with van der Waals surface area (Å²) in [5.74, 6) is 3.23. The van der Waals surface area contributed by atoms with Gasteiger partial charge in [-0.25, -0.2) is 9.97 Å². The van der Waals surface area contributed by atoms with E-state index in [4.69, 9.17) is 16.3 Å². The Morgan fingerprint density at radius 1 is 0.972 bits per heavy atom. The zero-order valence-corrected chi connectivity index (χ0v) is 21.3. The van der Waals surface area contributed by atoms with Crippen LogP contribution < -0.4 is 15.4 Å². The summed E-state index contributed by atoms with van der Waals surface area (Å²) in [5.41, 5.74) is 2.50. The van der Waals surface area contributed by atoms with Crippen LogP contribution in [0.4, 0.5) is 23.1 Å². The van der Waals surface area contributed by atoms with Crippen molar-refractivity contribution in [3.8, 4) is 17.1 Å². The van der Waals surface area contributed by atoms with E-state index in [9.17, 15) is 0 Å². The number of nitrogens with one attached hydrogen (secondary N) is 2. The lowest BCUT2D eigenvalue weighted by molar-refractivity contribution is 0.114. The Morgan fingerprint density at radius 3 is 2.44 bits per heavy atom. The summed E-state index contributed by atoms with van der Waals surface area (Å²) in [4.78, 5) is 15.8. The molecule has 0 radical (unpaired) electrons. The third-order valence-electron chi connectivity index (χ3n) is 6.22. The maximum atomic E-state index is 6.43. The van der Waals surface area contributed by atoms with Gasteiger partial charge in [-0.3, -0.25) is 4.68 Å². The van der Waals surface area contributed by atoms with Crippen molar-refractivity contribution in [3.05, 3.63) is 65.6 Å². The number of aromatic nitrogens is 5. The molecule has 2 aromatic heterocycles. The van der Waals surface area contributed by atoms with Gasteiger partial charge in [-0.2, -0.15) is 10.1 Å². The second-order valence-electron chi connectivity index (χ2n) is 8.94. The molecule has 1 aliphatic heterocycles. The number of aryl methyl sites for hydroxylation is 2. The van der Waals surface area contributed by atoms with Crippen LogP contribution >= 0.6 is 11.6 Å². The van der Waals surface area contributed by atoms with Gasteiger partial charge in [0.1, 0.15) is 22.7 Å². The molecular weight excluding hydrogens is 476 g/mol. The Bertz CT molecular complexity index is 1310. The molecule has 186 valence electrons. The summed E-state index contributed by atoms with van der Waals surface area (Å²) in [6, 6.07) is 15.6. The lowest BCUT2D eigenvalue weighted by Gasteiger charge is -2.29. The molecule has 9 nitrogen and oxygen atoms in total. The smallest absolute Gasteiger partial charge is 0.229 e. The Hall–Kier alpha value is -3.69. The highest BCUT2D eigenvalue weighted by Crippen LogP contribution is 2.31. The second-order valence-corrected chi connectivity index (χ2v) is 9.34. The van der Waals surface area contributed by atoms with Gasteiger partial charge in [0.25, 0.3) is 0 Å². The van der Waals surface area contributed by atoms with E-state index in [2.05, 4.69) is 42.6 Å². The highest BCUT2D eigenvalue weighted by molar-refractivity contribution is 6.33. The number of hydrogen-bond donors (Lipinski definition) is 2. The van der Waals surface area contributed by atoms with Crippen molar-refractivity contribution in [3.63, 3.8) is 0 Å². The first kappa shape index (κ1) is 24.0. The molecule has 36 heavy (non-hydrogen) atoms. The number of benzene rings is 2. The number of halogens is 1. The van der Waals surface area contributed by atoms with Gasteiger partial charge >= 0.3 is 0 Å². The van der Waals surface area contributed by atoms with E-state index >= 15 is 0 Å². The van der Waals surface area contributed by atoms with Gasteiger partial charge < -0.3 is 20.3 Å². The maximum absolute atomic E-state index is 6.43. The van der Waals surface area contributed by atoms with Gasteiger partial charge in [-0.1, -0.05) is 23.7 Å². The van der Waals surface area contributed by atoms with Crippen LogP contribution in [0.25, 0.3) is 11.4 Å². The molecule has 0 atom stereocenters. The van der Waals surface area contributed by atoms with Gasteiger partial charge in [0, 0.05) is 31.4 Å². The molecule has 0 bridgehead atoms. The molecule has 3 heterocycles. The van der Waals surface area contributed by atoms with E-state index in [1.165, 1.54) is 0 Å². The van der Waals surface area contributed by atoms with Crippen molar-refractivity contribution in [1.29, 1.82) is 0 Å². The molecular formula is C26H29ClN8O. The first-order valence-corrected chi connectivity index (χ1v) is 12.3. The number of ether oxygens (including phenoxy) is 1. The summed E-state index contributed by atoms with van der Waals surface area (Å²) in [6.45, 7) is 4.05. The minimum atomic E-state index is 0.265. The van der Waals surface area contributed by atoms with Crippen molar-refractivity contribution in [2.45, 2.75) is 25.9 Å². The fraction of sp³-hybridized carbons (Fsp3) is 0.308. The Morgan fingerprint density at radius 2 is 1.72 bits per heavy atom. The molecule has 0 saturated carbocycles. The lowest BCUT2D eigenvalue weighted by Crippen LogP contribution is -2.35. The largest absolute Gasteiger partial charge is 0.490 e. The summed E-state index contributed by atoms with van der Waals surface area (Å²) in [7, 11) is 4.02. The average molecular weight is 505 g/mol. The van der Waals surface area contributed by atoms with Crippen LogP contribution in [0, 0.1) is 6.92 Å². The molecule has 0 aliphatic carbocycles. The predicted octanol–water partition coefficient (Wildman–Crippen LogP) is 5.19. The quantitative estimate of drug-likeness (QED) is 0.355. The van der Waals surface area contributed by atoms with Crippen molar-refractivity contribution < 1.29 is 4.74 Å². The van der Waals surface area contributed by atoms with E-state index in [1.807, 2.05) is 62.5 Å². The van der Waals surface area contributed by atoms with E-state index in [1.54, 1.807) is 10.9 Å². The first-order valence-electron chi connectivity index (χ1n) is 11.9. The van der Waals surface area contributed by atoms with Gasteiger partial charge in [0.05, 0.1) is 11.9 Å². The number of hydrogen-bond acceptors (Lipinski definition) is 8. The number of para-hydroxylation sites is 1. The minimum Gasteiger partial charge on any atom is -0.490 e. The van der Waals surface area contributed by atoms with Gasteiger partial charge in [0.15, 0.2) is 11.6 Å². The highest BCUT2D eigenvalue weighted by Gasteiger charge is 2.18. The fourth-order valence-corrected chi connectivity index (χ4v) is 4.19. The summed E-state index contributed by atoms with van der Waals surface area (Å²) >= 11 is 6.43. The SMILES string of the molecule is Cc1nc(-c2ccccc2Nc2nc(Nc3ccc(OC4CCN(C)CC4)cc3)ncc2Cl)nn1C. The van der Waals surface area contributed by atoms with E-state index < -0.39 is 0 Å². The maximum Gasteiger partial charge on any atom is 0.229 e. The van der Waals surface area contributed by atoms with Crippen LogP contribution in [0.2, 0.25) is 5.02 Å². The Labute approximate surface area is 215 Å². The molecule has 5 rings (SSSR count). The summed E-state index contributed by atoms with van der Waals surface area (Å²) < 4.78 is 7.89. The first-order chi connectivity index (χ1) is 17.4. The number of piperidine rings is 1. The standard InChI is InChI=1S/C26H29ClN8O/c1-17-29-24(33-35(17)3)21-6-4-5-7-23(21)31-25-22(27)16-28-26(32-25)30-18-8-10-19(11-9-18)36-20-12-14-34(2)15-13-20/h4-11,16,20H,12-15H2,1-3H3,(H2,28,30,31,32). The van der Waals surface area contributed by atoms with Gasteiger partial charge in [-0.15, -0.1) is 0 Å². The van der Waals surface area contributed by atoms with Crippen LogP contribution in [0.1, 0.15) is 18.7 Å². The predicted molar refractivity (Wildman–Crippen MR) is 142 cm³/mol. The van der Waals surface area contributed by atoms with Crippen LogP contribution in [0.15, 0.2) is 54.7 Å². The monoisotopic (exact) mass is 504 g/mol. The summed E-state index contributed by atoms with van der Waals surface area (Å²) in [5, 5.41) is 11.5. The van der Waals surface area contributed by atoms with Crippen LogP contribution in [0.3, 0.4) is 0 Å². The van der Waals surface area contributed by atoms with Crippen LogP contribution in [-0.4, -0.2) is 55.9 Å². The average Bonchev–Trinajstić information content (AvgIpc) is 3.22. The topological polar surface area (TPSA) is 93.0 Å². The Balaban J connectivity index is 1.29. The number of anilines is 4. The number of nitrogens with zero attached hydrogens (tertiary/aromatic N) is 6. The van der Waals surface area contributed by atoms with Crippen LogP contribution in [0.5, 0.6) is 5.75 Å². The summed E-state index contributed by atoms with van der Waals surface area (Å²) in [6.07, 6.45) is 3.93. The fourth-order valence-electron chi connectivity index (χ4n) is 4.05. The van der Waals surface area contributed by atoms with E-state index in [-0.39, 0.29) is 6.10 Å². The van der Waals surface area contributed by atoms with Crippen molar-refractivity contribution in [1.82, 2.24) is 29.6 Å². The van der Waals surface area contributed by atoms with Crippen molar-refractivity contribution in [2.24, 2.45) is 7.05 Å².